The Labute approximate surface area is 126 Å². The van der Waals surface area contributed by atoms with Crippen molar-refractivity contribution in [1.82, 2.24) is 10.2 Å². The van der Waals surface area contributed by atoms with Crippen LogP contribution in [0.2, 0.25) is 0 Å². The minimum absolute atomic E-state index is 0.184. The first-order chi connectivity index (χ1) is 9.60. The van der Waals surface area contributed by atoms with Crippen molar-refractivity contribution >= 4 is 33.7 Å². The molecule has 2 N–H and O–H groups in total. The number of rotatable bonds is 4. The van der Waals surface area contributed by atoms with Crippen LogP contribution in [0.5, 0.6) is 0 Å². The smallest absolute Gasteiger partial charge is 0.249 e. The van der Waals surface area contributed by atoms with Gasteiger partial charge >= 0.3 is 0 Å². The third kappa shape index (κ3) is 3.57. The number of benzene rings is 1. The number of H-pyrrole nitrogens is 1. The lowest BCUT2D eigenvalue weighted by atomic mass is 10.1. The quantitative estimate of drug-likeness (QED) is 0.838. The normalized spacial score (nSPS) is 10.9. The number of aromatic amines is 1. The van der Waals surface area contributed by atoms with E-state index in [1.807, 2.05) is 32.0 Å². The molecule has 0 aliphatic carbocycles. The lowest BCUT2D eigenvalue weighted by molar-refractivity contribution is -0.111. The van der Waals surface area contributed by atoms with E-state index in [4.69, 9.17) is 0 Å². The molecular formula is C15H16BrN3O. The highest BCUT2D eigenvalue weighted by atomic mass is 79.9. The van der Waals surface area contributed by atoms with E-state index in [1.165, 1.54) is 11.6 Å². The van der Waals surface area contributed by atoms with Gasteiger partial charge in [0.15, 0.2) is 0 Å². The zero-order chi connectivity index (χ0) is 14.5. The van der Waals surface area contributed by atoms with Gasteiger partial charge in [0, 0.05) is 16.1 Å². The minimum Gasteiger partial charge on any atom is -0.307 e. The number of nitrogens with zero attached hydrogens (tertiary/aromatic N) is 1. The number of carbonyl (C=O) groups excluding carboxylic acids is 1. The Morgan fingerprint density at radius 2 is 2.30 bits per heavy atom. The number of carbonyl (C=O) groups is 1. The summed E-state index contributed by atoms with van der Waals surface area (Å²) >= 11 is 3.48. The molecule has 104 valence electrons. The topological polar surface area (TPSA) is 57.8 Å². The standard InChI is InChI=1S/C15H16BrN3O/c1-3-11-9-17-19-15(11)18-14(20)7-6-12-5-4-10(2)8-13(12)16/h4-9H,3H2,1-2H3,(H2,17,18,19,20)/b7-6+. The number of hydrogen-bond donors (Lipinski definition) is 2. The molecular weight excluding hydrogens is 318 g/mol. The van der Waals surface area contributed by atoms with Gasteiger partial charge in [0.2, 0.25) is 5.91 Å². The van der Waals surface area contributed by atoms with Crippen LogP contribution in [0.15, 0.2) is 34.9 Å². The zero-order valence-electron chi connectivity index (χ0n) is 11.4. The predicted molar refractivity (Wildman–Crippen MR) is 84.5 cm³/mol. The van der Waals surface area contributed by atoms with Crippen LogP contribution in [0.25, 0.3) is 6.08 Å². The first-order valence-electron chi connectivity index (χ1n) is 6.37. The molecule has 0 unspecified atom stereocenters. The van der Waals surface area contributed by atoms with Crippen LogP contribution in [0.3, 0.4) is 0 Å². The third-order valence-electron chi connectivity index (χ3n) is 2.92. The van der Waals surface area contributed by atoms with E-state index >= 15 is 0 Å². The molecule has 5 heteroatoms. The summed E-state index contributed by atoms with van der Waals surface area (Å²) in [7, 11) is 0. The van der Waals surface area contributed by atoms with Crippen molar-refractivity contribution in [2.24, 2.45) is 0 Å². The van der Waals surface area contributed by atoms with Crippen LogP contribution >= 0.6 is 15.9 Å². The molecule has 1 amide bonds. The van der Waals surface area contributed by atoms with Crippen LogP contribution in [0, 0.1) is 6.92 Å². The molecule has 4 nitrogen and oxygen atoms in total. The molecule has 20 heavy (non-hydrogen) atoms. The van der Waals surface area contributed by atoms with Gasteiger partial charge in [-0.2, -0.15) is 5.10 Å². The number of aromatic nitrogens is 2. The first-order valence-corrected chi connectivity index (χ1v) is 7.17. The van der Waals surface area contributed by atoms with Crippen molar-refractivity contribution < 1.29 is 4.79 Å². The van der Waals surface area contributed by atoms with Crippen LogP contribution < -0.4 is 5.32 Å². The number of halogens is 1. The van der Waals surface area contributed by atoms with Gasteiger partial charge in [-0.05, 0) is 36.6 Å². The predicted octanol–water partition coefficient (Wildman–Crippen LogP) is 3.69. The number of anilines is 1. The Kier molecular flexibility index (Phi) is 4.74. The van der Waals surface area contributed by atoms with Crippen LogP contribution in [0.4, 0.5) is 5.82 Å². The number of aryl methyl sites for hydroxylation is 2. The van der Waals surface area contributed by atoms with Crippen molar-refractivity contribution in [2.75, 3.05) is 5.32 Å². The number of nitrogens with one attached hydrogen (secondary N) is 2. The fourth-order valence-electron chi connectivity index (χ4n) is 1.79. The second kappa shape index (κ2) is 6.52. The summed E-state index contributed by atoms with van der Waals surface area (Å²) in [6, 6.07) is 5.99. The van der Waals surface area contributed by atoms with Crippen LogP contribution in [-0.4, -0.2) is 16.1 Å². The fourth-order valence-corrected chi connectivity index (χ4v) is 2.41. The Hall–Kier alpha value is -1.88. The average Bonchev–Trinajstić information content (AvgIpc) is 2.85. The van der Waals surface area contributed by atoms with Gasteiger partial charge in [0.1, 0.15) is 5.82 Å². The van der Waals surface area contributed by atoms with E-state index in [-0.39, 0.29) is 5.91 Å². The van der Waals surface area contributed by atoms with Crippen molar-refractivity contribution in [2.45, 2.75) is 20.3 Å². The molecule has 1 aromatic carbocycles. The van der Waals surface area contributed by atoms with Gasteiger partial charge < -0.3 is 5.32 Å². The van der Waals surface area contributed by atoms with Crippen molar-refractivity contribution in [3.8, 4) is 0 Å². The van der Waals surface area contributed by atoms with Gasteiger partial charge in [-0.25, -0.2) is 0 Å². The SMILES string of the molecule is CCc1cn[nH]c1NC(=O)/C=C/c1ccc(C)cc1Br. The molecule has 0 spiro atoms. The summed E-state index contributed by atoms with van der Waals surface area (Å²) in [6.07, 6.45) is 5.83. The van der Waals surface area contributed by atoms with E-state index in [9.17, 15) is 4.79 Å². The third-order valence-corrected chi connectivity index (χ3v) is 3.60. The second-order valence-electron chi connectivity index (χ2n) is 4.47. The molecule has 0 aliphatic heterocycles. The van der Waals surface area contributed by atoms with Gasteiger partial charge in [-0.3, -0.25) is 9.89 Å². The Balaban J connectivity index is 2.06. The number of hydrogen-bond acceptors (Lipinski definition) is 2. The zero-order valence-corrected chi connectivity index (χ0v) is 13.0. The Bertz CT molecular complexity index is 646. The molecule has 0 radical (unpaired) electrons. The molecule has 0 aliphatic rings. The summed E-state index contributed by atoms with van der Waals surface area (Å²) in [5, 5.41) is 9.48. The summed E-state index contributed by atoms with van der Waals surface area (Å²) in [5.74, 6) is 0.474. The molecule has 0 atom stereocenters. The van der Waals surface area contributed by atoms with E-state index in [1.54, 1.807) is 12.3 Å². The second-order valence-corrected chi connectivity index (χ2v) is 5.33. The molecule has 2 aromatic rings. The van der Waals surface area contributed by atoms with E-state index in [0.717, 1.165) is 22.0 Å². The molecule has 0 saturated carbocycles. The minimum atomic E-state index is -0.184. The first kappa shape index (κ1) is 14.5. The molecule has 0 bridgehead atoms. The molecule has 0 saturated heterocycles. The monoisotopic (exact) mass is 333 g/mol. The number of amides is 1. The lowest BCUT2D eigenvalue weighted by Crippen LogP contribution is -2.09. The maximum Gasteiger partial charge on any atom is 0.249 e. The average molecular weight is 334 g/mol. The van der Waals surface area contributed by atoms with Crippen molar-refractivity contribution in [1.29, 1.82) is 0 Å². The Morgan fingerprint density at radius 3 is 3.00 bits per heavy atom. The highest BCUT2D eigenvalue weighted by molar-refractivity contribution is 9.10. The summed E-state index contributed by atoms with van der Waals surface area (Å²) < 4.78 is 0.970. The van der Waals surface area contributed by atoms with E-state index in [2.05, 4.69) is 31.4 Å². The van der Waals surface area contributed by atoms with Crippen LogP contribution in [-0.2, 0) is 11.2 Å². The van der Waals surface area contributed by atoms with Gasteiger partial charge in [-0.15, -0.1) is 0 Å². The summed E-state index contributed by atoms with van der Waals surface area (Å²) in [5.41, 5.74) is 3.12. The summed E-state index contributed by atoms with van der Waals surface area (Å²) in [6.45, 7) is 4.04. The maximum atomic E-state index is 11.9. The largest absolute Gasteiger partial charge is 0.307 e. The van der Waals surface area contributed by atoms with Crippen molar-refractivity contribution in [3.05, 3.63) is 51.6 Å². The van der Waals surface area contributed by atoms with Gasteiger partial charge in [0.05, 0.1) is 6.20 Å². The van der Waals surface area contributed by atoms with E-state index < -0.39 is 0 Å². The lowest BCUT2D eigenvalue weighted by Gasteiger charge is -2.02. The molecule has 1 heterocycles. The summed E-state index contributed by atoms with van der Waals surface area (Å²) in [4.78, 5) is 11.9. The van der Waals surface area contributed by atoms with Crippen LogP contribution in [0.1, 0.15) is 23.6 Å². The molecule has 0 fully saturated rings. The highest BCUT2D eigenvalue weighted by Crippen LogP contribution is 2.19. The van der Waals surface area contributed by atoms with E-state index in [0.29, 0.717) is 5.82 Å². The maximum absolute atomic E-state index is 11.9. The molecule has 1 aromatic heterocycles. The molecule has 2 rings (SSSR count). The Morgan fingerprint density at radius 1 is 1.50 bits per heavy atom. The fraction of sp³-hybridized carbons (Fsp3) is 0.200. The van der Waals surface area contributed by atoms with Gasteiger partial charge in [-0.1, -0.05) is 35.0 Å². The van der Waals surface area contributed by atoms with Gasteiger partial charge in [0.25, 0.3) is 0 Å². The highest BCUT2D eigenvalue weighted by Gasteiger charge is 2.05. The van der Waals surface area contributed by atoms with Crippen molar-refractivity contribution in [3.63, 3.8) is 0 Å².